The average Bonchev–Trinajstić information content (AvgIpc) is 3.29. The van der Waals surface area contributed by atoms with E-state index in [9.17, 15) is 19.7 Å². The Hall–Kier alpha value is -4.67. The zero-order valence-corrected chi connectivity index (χ0v) is 26.3. The number of carbonyl (C=O) groups excluding carboxylic acids is 2. The number of para-hydroxylation sites is 1. The number of benzene rings is 4. The van der Waals surface area contributed by atoms with Crippen molar-refractivity contribution in [2.75, 3.05) is 16.0 Å². The highest BCUT2D eigenvalue weighted by molar-refractivity contribution is 8.19. The first-order chi connectivity index (χ1) is 21.1. The topological polar surface area (TPSA) is 105 Å². The molecule has 222 valence electrons. The molecular weight excluding hydrogens is 593 g/mol. The van der Waals surface area contributed by atoms with Crippen LogP contribution in [0.15, 0.2) is 99.7 Å². The second-order valence-electron chi connectivity index (χ2n) is 10.4. The smallest absolute Gasteiger partial charge is 0.283 e. The number of thioether (sulfide) groups is 2. The second kappa shape index (κ2) is 13.3. The normalized spacial score (nSPS) is 14.8. The van der Waals surface area contributed by atoms with Gasteiger partial charge in [0, 0.05) is 11.8 Å². The third-order valence-electron chi connectivity index (χ3n) is 7.16. The minimum atomic E-state index is -0.475. The Morgan fingerprint density at radius 2 is 1.64 bits per heavy atom. The highest BCUT2D eigenvalue weighted by atomic mass is 32.2. The van der Waals surface area contributed by atoms with Crippen LogP contribution in [0.2, 0.25) is 0 Å². The molecule has 0 atom stereocenters. The van der Waals surface area contributed by atoms with E-state index in [0.717, 1.165) is 39.7 Å². The van der Waals surface area contributed by atoms with E-state index >= 15 is 0 Å². The number of rotatable bonds is 8. The number of nitrogens with zero attached hydrogens (tertiary/aromatic N) is 3. The monoisotopic (exact) mass is 622 g/mol. The van der Waals surface area contributed by atoms with E-state index < -0.39 is 4.92 Å². The van der Waals surface area contributed by atoms with E-state index in [0.29, 0.717) is 31.9 Å². The van der Waals surface area contributed by atoms with Gasteiger partial charge in [0.1, 0.15) is 0 Å². The van der Waals surface area contributed by atoms with Gasteiger partial charge in [-0.15, -0.1) is 11.8 Å². The van der Waals surface area contributed by atoms with E-state index in [4.69, 9.17) is 4.99 Å². The lowest BCUT2D eigenvalue weighted by atomic mass is 10.1. The fraction of sp³-hybridized carbons (Fsp3) is 0.147. The SMILES string of the molecule is Cc1ccc(N=C2S/C(=C\c3ccc(SCC(=O)Nc4ccccc4)c([N+](=O)[O-])c3)C(=O)N2c2ccc(C)c(C)c2)cc1C. The first-order valence-corrected chi connectivity index (χ1v) is 15.6. The Bertz CT molecular complexity index is 1840. The molecule has 1 heterocycles. The summed E-state index contributed by atoms with van der Waals surface area (Å²) in [7, 11) is 0. The van der Waals surface area contributed by atoms with Gasteiger partial charge in [0.05, 0.1) is 31.9 Å². The number of amidine groups is 1. The minimum Gasteiger partial charge on any atom is -0.325 e. The Labute approximate surface area is 264 Å². The molecule has 1 fully saturated rings. The summed E-state index contributed by atoms with van der Waals surface area (Å²) in [5.74, 6) is -0.524. The van der Waals surface area contributed by atoms with Crippen molar-refractivity contribution in [2.45, 2.75) is 32.6 Å². The Morgan fingerprint density at radius 3 is 2.32 bits per heavy atom. The fourth-order valence-corrected chi connectivity index (χ4v) is 6.25. The van der Waals surface area contributed by atoms with E-state index in [2.05, 4.69) is 5.32 Å². The van der Waals surface area contributed by atoms with Crippen LogP contribution in [0.4, 0.5) is 22.7 Å². The number of nitro groups is 1. The maximum Gasteiger partial charge on any atom is 0.283 e. The third-order valence-corrected chi connectivity index (χ3v) is 9.20. The molecule has 0 aromatic heterocycles. The number of hydrogen-bond acceptors (Lipinski definition) is 7. The summed E-state index contributed by atoms with van der Waals surface area (Å²) in [6.45, 7) is 8.06. The van der Waals surface area contributed by atoms with Gasteiger partial charge in [-0.2, -0.15) is 0 Å². The number of carbonyl (C=O) groups is 2. The lowest BCUT2D eigenvalue weighted by molar-refractivity contribution is -0.387. The molecule has 1 saturated heterocycles. The predicted octanol–water partition coefficient (Wildman–Crippen LogP) is 8.37. The molecule has 0 aliphatic carbocycles. The lowest BCUT2D eigenvalue weighted by Gasteiger charge is -2.17. The van der Waals surface area contributed by atoms with E-state index in [1.807, 2.05) is 82.3 Å². The van der Waals surface area contributed by atoms with Crippen LogP contribution in [0, 0.1) is 37.8 Å². The average molecular weight is 623 g/mol. The summed E-state index contributed by atoms with van der Waals surface area (Å²) in [6, 6.07) is 25.5. The van der Waals surface area contributed by atoms with Crippen molar-refractivity contribution in [2.24, 2.45) is 4.99 Å². The van der Waals surface area contributed by atoms with E-state index in [-0.39, 0.29) is 23.3 Å². The number of aliphatic imine (C=N–C) groups is 1. The van der Waals surface area contributed by atoms with Crippen molar-refractivity contribution in [1.82, 2.24) is 0 Å². The Kier molecular flexibility index (Phi) is 9.32. The molecule has 0 saturated carbocycles. The van der Waals surface area contributed by atoms with Crippen molar-refractivity contribution in [3.05, 3.63) is 128 Å². The summed E-state index contributed by atoms with van der Waals surface area (Å²) < 4.78 is 0. The molecule has 1 aliphatic rings. The van der Waals surface area contributed by atoms with Crippen LogP contribution in [-0.2, 0) is 9.59 Å². The zero-order valence-electron chi connectivity index (χ0n) is 24.7. The highest BCUT2D eigenvalue weighted by Crippen LogP contribution is 2.39. The third kappa shape index (κ3) is 7.10. The van der Waals surface area contributed by atoms with Crippen molar-refractivity contribution in [1.29, 1.82) is 0 Å². The molecule has 1 N–H and O–H groups in total. The predicted molar refractivity (Wildman–Crippen MR) is 181 cm³/mol. The van der Waals surface area contributed by atoms with Crippen LogP contribution in [-0.4, -0.2) is 27.7 Å². The number of nitro benzene ring substituents is 1. The van der Waals surface area contributed by atoms with Crippen LogP contribution < -0.4 is 10.2 Å². The van der Waals surface area contributed by atoms with Gasteiger partial charge < -0.3 is 5.32 Å². The number of hydrogen-bond donors (Lipinski definition) is 1. The van der Waals surface area contributed by atoms with Gasteiger partial charge in [-0.1, -0.05) is 36.4 Å². The van der Waals surface area contributed by atoms with Gasteiger partial charge in [0.2, 0.25) is 5.91 Å². The second-order valence-corrected chi connectivity index (χ2v) is 12.4. The number of amides is 2. The molecule has 2 amide bonds. The molecule has 4 aromatic carbocycles. The first kappa shape index (κ1) is 30.8. The van der Waals surface area contributed by atoms with Gasteiger partial charge in [-0.25, -0.2) is 4.99 Å². The number of nitrogens with one attached hydrogen (secondary N) is 1. The molecule has 1 aliphatic heterocycles. The largest absolute Gasteiger partial charge is 0.325 e. The summed E-state index contributed by atoms with van der Waals surface area (Å²) in [4.78, 5) is 44.9. The maximum atomic E-state index is 13.8. The lowest BCUT2D eigenvalue weighted by Crippen LogP contribution is -2.28. The van der Waals surface area contributed by atoms with Crippen molar-refractivity contribution < 1.29 is 14.5 Å². The van der Waals surface area contributed by atoms with Gasteiger partial charge in [-0.3, -0.25) is 24.6 Å². The Morgan fingerprint density at radius 1 is 0.932 bits per heavy atom. The quantitative estimate of drug-likeness (QED) is 0.0916. The van der Waals surface area contributed by atoms with E-state index in [1.54, 1.807) is 35.2 Å². The molecule has 44 heavy (non-hydrogen) atoms. The molecule has 0 radical (unpaired) electrons. The van der Waals surface area contributed by atoms with Crippen molar-refractivity contribution in [3.8, 4) is 0 Å². The van der Waals surface area contributed by atoms with E-state index in [1.165, 1.54) is 17.8 Å². The molecule has 5 rings (SSSR count). The molecule has 0 bridgehead atoms. The summed E-state index contributed by atoms with van der Waals surface area (Å²) in [5.41, 5.74) is 6.84. The Balaban J connectivity index is 1.44. The highest BCUT2D eigenvalue weighted by Gasteiger charge is 2.35. The standard InChI is InChI=1S/C34H30N4O4S2/c1-21-10-13-27(16-23(21)3)36-34-37(28-14-11-22(2)24(4)17-28)33(40)31(44-34)19-25-12-15-30(29(18-25)38(41)42)43-20-32(39)35-26-8-6-5-7-9-26/h5-19H,20H2,1-4H3,(H,35,39)/b31-19-,36-34?. The minimum absolute atomic E-state index is 0.00768. The van der Waals surface area contributed by atoms with Crippen LogP contribution >= 0.6 is 23.5 Å². The van der Waals surface area contributed by atoms with Crippen molar-refractivity contribution >= 4 is 69.3 Å². The van der Waals surface area contributed by atoms with Gasteiger partial charge in [-0.05, 0) is 116 Å². The first-order valence-electron chi connectivity index (χ1n) is 13.8. The van der Waals surface area contributed by atoms with Crippen LogP contribution in [0.3, 0.4) is 0 Å². The fourth-order valence-electron chi connectivity index (χ4n) is 4.45. The van der Waals surface area contributed by atoms with Crippen LogP contribution in [0.1, 0.15) is 27.8 Å². The summed E-state index contributed by atoms with van der Waals surface area (Å²) in [6.07, 6.45) is 1.65. The molecule has 8 nitrogen and oxygen atoms in total. The zero-order chi connectivity index (χ0) is 31.4. The van der Waals surface area contributed by atoms with Gasteiger partial charge in [0.15, 0.2) is 5.17 Å². The molecule has 4 aromatic rings. The maximum absolute atomic E-state index is 13.8. The summed E-state index contributed by atoms with van der Waals surface area (Å²) >= 11 is 2.31. The van der Waals surface area contributed by atoms with Crippen molar-refractivity contribution in [3.63, 3.8) is 0 Å². The van der Waals surface area contributed by atoms with Gasteiger partial charge in [0.25, 0.3) is 11.6 Å². The number of aryl methyl sites for hydroxylation is 4. The summed E-state index contributed by atoms with van der Waals surface area (Å²) in [5, 5.41) is 15.3. The molecule has 0 unspecified atom stereocenters. The van der Waals surface area contributed by atoms with Crippen LogP contribution in [0.25, 0.3) is 6.08 Å². The molecule has 10 heteroatoms. The van der Waals surface area contributed by atoms with Crippen LogP contribution in [0.5, 0.6) is 0 Å². The number of anilines is 2. The van der Waals surface area contributed by atoms with Gasteiger partial charge >= 0.3 is 0 Å². The molecular formula is C34H30N4O4S2. The molecule has 0 spiro atoms.